The minimum Gasteiger partial charge on any atom is -0.343 e. The first-order valence-corrected chi connectivity index (χ1v) is 6.09. The van der Waals surface area contributed by atoms with Crippen molar-refractivity contribution in [2.45, 2.75) is 25.7 Å². The van der Waals surface area contributed by atoms with Crippen LogP contribution in [0.3, 0.4) is 0 Å². The zero-order valence-corrected chi connectivity index (χ0v) is 9.05. The molecule has 0 spiro atoms. The number of hydrogen-bond donors (Lipinski definition) is 0. The predicted molar refractivity (Wildman–Crippen MR) is 58.5 cm³/mol. The van der Waals surface area contributed by atoms with Crippen LogP contribution in [-0.4, -0.2) is 23.9 Å². The number of thiophene rings is 1. The molecule has 0 N–H and O–H groups in total. The molecule has 14 heavy (non-hydrogen) atoms. The maximum absolute atomic E-state index is 11.7. The lowest BCUT2D eigenvalue weighted by Crippen LogP contribution is -2.27. The third-order valence-corrected chi connectivity index (χ3v) is 3.40. The summed E-state index contributed by atoms with van der Waals surface area (Å²) in [5.74, 6) is 0.328. The summed E-state index contributed by atoms with van der Waals surface area (Å²) in [7, 11) is 0. The van der Waals surface area contributed by atoms with Gasteiger partial charge in [0.05, 0.1) is 0 Å². The van der Waals surface area contributed by atoms with Gasteiger partial charge in [-0.1, -0.05) is 0 Å². The Morgan fingerprint density at radius 3 is 2.86 bits per heavy atom. The molecule has 1 aromatic heterocycles. The van der Waals surface area contributed by atoms with Crippen LogP contribution in [0.25, 0.3) is 0 Å². The van der Waals surface area contributed by atoms with Gasteiger partial charge in [-0.15, -0.1) is 0 Å². The van der Waals surface area contributed by atoms with E-state index in [9.17, 15) is 4.79 Å². The summed E-state index contributed by atoms with van der Waals surface area (Å²) in [5, 5.41) is 4.19. The number of carbonyl (C=O) groups is 1. The molecule has 0 atom stereocenters. The fourth-order valence-electron chi connectivity index (χ4n) is 1.81. The van der Waals surface area contributed by atoms with Gasteiger partial charge in [-0.2, -0.15) is 11.3 Å². The molecule has 0 bridgehead atoms. The van der Waals surface area contributed by atoms with Gasteiger partial charge in [0.25, 0.3) is 0 Å². The van der Waals surface area contributed by atoms with Crippen molar-refractivity contribution in [2.24, 2.45) is 0 Å². The van der Waals surface area contributed by atoms with Crippen LogP contribution in [0.4, 0.5) is 0 Å². The van der Waals surface area contributed by atoms with E-state index in [1.54, 1.807) is 11.3 Å². The molecule has 1 saturated heterocycles. The molecule has 0 unspecified atom stereocenters. The summed E-state index contributed by atoms with van der Waals surface area (Å²) in [6.07, 6.45) is 3.95. The van der Waals surface area contributed by atoms with E-state index in [0.29, 0.717) is 12.3 Å². The van der Waals surface area contributed by atoms with Crippen molar-refractivity contribution in [2.75, 3.05) is 13.1 Å². The smallest absolute Gasteiger partial charge is 0.222 e. The van der Waals surface area contributed by atoms with Gasteiger partial charge in [0.2, 0.25) is 5.91 Å². The summed E-state index contributed by atoms with van der Waals surface area (Å²) >= 11 is 1.70. The van der Waals surface area contributed by atoms with E-state index in [4.69, 9.17) is 0 Å². The number of carbonyl (C=O) groups excluding carboxylic acids is 1. The Balaban J connectivity index is 1.77. The van der Waals surface area contributed by atoms with Crippen LogP contribution in [0.1, 0.15) is 24.8 Å². The normalized spacial score (nSPS) is 16.1. The largest absolute Gasteiger partial charge is 0.343 e. The third kappa shape index (κ3) is 2.35. The second kappa shape index (κ2) is 4.60. The Hall–Kier alpha value is -0.830. The van der Waals surface area contributed by atoms with E-state index in [0.717, 1.165) is 19.5 Å². The highest BCUT2D eigenvalue weighted by Gasteiger charge is 2.17. The van der Waals surface area contributed by atoms with Crippen LogP contribution in [0.15, 0.2) is 16.8 Å². The van der Waals surface area contributed by atoms with E-state index >= 15 is 0 Å². The Labute approximate surface area is 88.5 Å². The van der Waals surface area contributed by atoms with Gasteiger partial charge in [-0.05, 0) is 41.7 Å². The SMILES string of the molecule is O=C(CCc1ccsc1)N1CCCC1. The monoisotopic (exact) mass is 209 g/mol. The summed E-state index contributed by atoms with van der Waals surface area (Å²) in [5.41, 5.74) is 1.29. The second-order valence-electron chi connectivity index (χ2n) is 3.72. The molecular formula is C11H15NOS. The molecule has 0 aromatic carbocycles. The number of amides is 1. The van der Waals surface area contributed by atoms with Crippen LogP contribution >= 0.6 is 11.3 Å². The van der Waals surface area contributed by atoms with Crippen molar-refractivity contribution in [3.8, 4) is 0 Å². The second-order valence-corrected chi connectivity index (χ2v) is 4.50. The average Bonchev–Trinajstić information content (AvgIpc) is 2.87. The first kappa shape index (κ1) is 9.71. The maximum atomic E-state index is 11.7. The van der Waals surface area contributed by atoms with E-state index in [2.05, 4.69) is 16.8 Å². The van der Waals surface area contributed by atoms with Gasteiger partial charge in [0, 0.05) is 19.5 Å². The number of rotatable bonds is 3. The molecule has 1 amide bonds. The van der Waals surface area contributed by atoms with Gasteiger partial charge in [0.15, 0.2) is 0 Å². The fraction of sp³-hybridized carbons (Fsp3) is 0.545. The Morgan fingerprint density at radius 2 is 2.21 bits per heavy atom. The molecule has 0 radical (unpaired) electrons. The lowest BCUT2D eigenvalue weighted by molar-refractivity contribution is -0.130. The number of hydrogen-bond acceptors (Lipinski definition) is 2. The molecular weight excluding hydrogens is 194 g/mol. The van der Waals surface area contributed by atoms with E-state index in [1.165, 1.54) is 18.4 Å². The summed E-state index contributed by atoms with van der Waals surface area (Å²) in [6, 6.07) is 2.10. The molecule has 0 aliphatic carbocycles. The highest BCUT2D eigenvalue weighted by molar-refractivity contribution is 7.07. The number of nitrogens with zero attached hydrogens (tertiary/aromatic N) is 1. The summed E-state index contributed by atoms with van der Waals surface area (Å²) in [6.45, 7) is 1.95. The minimum atomic E-state index is 0.328. The molecule has 1 aliphatic rings. The van der Waals surface area contributed by atoms with Crippen molar-refractivity contribution in [3.05, 3.63) is 22.4 Å². The topological polar surface area (TPSA) is 20.3 Å². The van der Waals surface area contributed by atoms with E-state index in [1.807, 2.05) is 4.90 Å². The van der Waals surface area contributed by atoms with Crippen LogP contribution in [-0.2, 0) is 11.2 Å². The fourth-order valence-corrected chi connectivity index (χ4v) is 2.51. The summed E-state index contributed by atoms with van der Waals surface area (Å²) in [4.78, 5) is 13.7. The predicted octanol–water partition coefficient (Wildman–Crippen LogP) is 2.30. The Morgan fingerprint density at radius 1 is 1.43 bits per heavy atom. The molecule has 76 valence electrons. The van der Waals surface area contributed by atoms with Crippen molar-refractivity contribution < 1.29 is 4.79 Å². The van der Waals surface area contributed by atoms with E-state index in [-0.39, 0.29) is 0 Å². The minimum absolute atomic E-state index is 0.328. The average molecular weight is 209 g/mol. The molecule has 2 rings (SSSR count). The van der Waals surface area contributed by atoms with Crippen molar-refractivity contribution >= 4 is 17.2 Å². The lowest BCUT2D eigenvalue weighted by Gasteiger charge is -2.14. The van der Waals surface area contributed by atoms with Crippen LogP contribution in [0.2, 0.25) is 0 Å². The molecule has 1 aromatic rings. The Kier molecular flexibility index (Phi) is 3.19. The van der Waals surface area contributed by atoms with Crippen LogP contribution < -0.4 is 0 Å². The molecule has 1 aliphatic heterocycles. The molecule has 3 heteroatoms. The molecule has 2 heterocycles. The molecule has 0 saturated carbocycles. The van der Waals surface area contributed by atoms with Gasteiger partial charge >= 0.3 is 0 Å². The number of likely N-dealkylation sites (tertiary alicyclic amines) is 1. The van der Waals surface area contributed by atoms with Gasteiger partial charge in [-0.3, -0.25) is 4.79 Å². The van der Waals surface area contributed by atoms with Crippen molar-refractivity contribution in [1.29, 1.82) is 0 Å². The summed E-state index contributed by atoms with van der Waals surface area (Å²) < 4.78 is 0. The zero-order valence-electron chi connectivity index (χ0n) is 8.24. The van der Waals surface area contributed by atoms with Crippen LogP contribution in [0, 0.1) is 0 Å². The van der Waals surface area contributed by atoms with Crippen LogP contribution in [0.5, 0.6) is 0 Å². The standard InChI is InChI=1S/C11H15NOS/c13-11(12-6-1-2-7-12)4-3-10-5-8-14-9-10/h5,8-9H,1-4,6-7H2. The van der Waals surface area contributed by atoms with Crippen molar-refractivity contribution in [1.82, 2.24) is 4.90 Å². The Bertz CT molecular complexity index is 288. The first-order valence-electron chi connectivity index (χ1n) is 5.15. The zero-order chi connectivity index (χ0) is 9.80. The number of aryl methyl sites for hydroxylation is 1. The first-order chi connectivity index (χ1) is 6.86. The third-order valence-electron chi connectivity index (χ3n) is 2.67. The van der Waals surface area contributed by atoms with Gasteiger partial charge in [0.1, 0.15) is 0 Å². The molecule has 1 fully saturated rings. The maximum Gasteiger partial charge on any atom is 0.222 e. The highest BCUT2D eigenvalue weighted by atomic mass is 32.1. The lowest BCUT2D eigenvalue weighted by atomic mass is 10.2. The van der Waals surface area contributed by atoms with E-state index < -0.39 is 0 Å². The van der Waals surface area contributed by atoms with Gasteiger partial charge < -0.3 is 4.90 Å². The van der Waals surface area contributed by atoms with Gasteiger partial charge in [-0.25, -0.2) is 0 Å². The highest BCUT2D eigenvalue weighted by Crippen LogP contribution is 2.12. The quantitative estimate of drug-likeness (QED) is 0.748. The molecule has 2 nitrogen and oxygen atoms in total. The van der Waals surface area contributed by atoms with Crippen molar-refractivity contribution in [3.63, 3.8) is 0 Å².